The number of likely N-dealkylation sites (N-methyl/N-ethyl adjacent to an activating group) is 1. The van der Waals surface area contributed by atoms with Crippen molar-refractivity contribution >= 4 is 17.4 Å². The van der Waals surface area contributed by atoms with Crippen LogP contribution in [0.15, 0.2) is 60.3 Å². The Labute approximate surface area is 152 Å². The van der Waals surface area contributed by atoms with Crippen LogP contribution in [0.3, 0.4) is 0 Å². The highest BCUT2D eigenvalue weighted by molar-refractivity contribution is 6.46. The van der Waals surface area contributed by atoms with E-state index in [0.717, 1.165) is 4.90 Å². The fourth-order valence-corrected chi connectivity index (χ4v) is 3.05. The minimum Gasteiger partial charge on any atom is -0.507 e. The van der Waals surface area contributed by atoms with E-state index in [-0.39, 0.29) is 11.3 Å². The number of hydrogen-bond acceptors (Lipinski definition) is 4. The zero-order valence-electron chi connectivity index (χ0n) is 14.8. The van der Waals surface area contributed by atoms with Crippen molar-refractivity contribution in [3.63, 3.8) is 0 Å². The molecule has 1 aromatic carbocycles. The number of nitrogens with one attached hydrogen (secondary N) is 1. The van der Waals surface area contributed by atoms with Crippen LogP contribution in [0, 0.1) is 0 Å². The molecule has 0 saturated carbocycles. The van der Waals surface area contributed by atoms with Crippen molar-refractivity contribution in [2.45, 2.75) is 6.04 Å². The van der Waals surface area contributed by atoms with Gasteiger partial charge in [-0.05, 0) is 12.1 Å². The molecule has 1 aromatic heterocycles. The number of Topliss-reactive ketones (excluding diaryl/α,β-unsaturated/α-hetero) is 1. The third-order valence-corrected chi connectivity index (χ3v) is 4.41. The Morgan fingerprint density at radius 2 is 1.81 bits per heavy atom. The van der Waals surface area contributed by atoms with Gasteiger partial charge in [-0.25, -0.2) is 0 Å². The van der Waals surface area contributed by atoms with Crippen LogP contribution in [-0.2, 0) is 9.59 Å². The summed E-state index contributed by atoms with van der Waals surface area (Å²) in [4.78, 5) is 32.4. The van der Waals surface area contributed by atoms with Gasteiger partial charge in [0.05, 0.1) is 38.5 Å². The van der Waals surface area contributed by atoms with E-state index in [9.17, 15) is 14.7 Å². The molecule has 0 radical (unpaired) electrons. The number of aliphatic hydroxyl groups excluding tert-OH is 1. The summed E-state index contributed by atoms with van der Waals surface area (Å²) < 4.78 is 0. The number of benzene rings is 1. The average Bonchev–Trinajstić information content (AvgIpc) is 2.91. The SMILES string of the molecule is C[NH+](C)CCN1C(=O)C(=O)C(=C(O)c2ccccc2)[C@@H]1c1ccccn1. The summed E-state index contributed by atoms with van der Waals surface area (Å²) in [5.41, 5.74) is 1.16. The first-order valence-electron chi connectivity index (χ1n) is 8.54. The summed E-state index contributed by atoms with van der Waals surface area (Å²) in [7, 11) is 3.96. The first-order valence-corrected chi connectivity index (χ1v) is 8.54. The number of rotatable bonds is 5. The molecular formula is C20H22N3O3+. The van der Waals surface area contributed by atoms with Gasteiger partial charge in [0.1, 0.15) is 11.8 Å². The van der Waals surface area contributed by atoms with Gasteiger partial charge in [0.2, 0.25) is 0 Å². The van der Waals surface area contributed by atoms with Crippen molar-refractivity contribution in [2.24, 2.45) is 0 Å². The second kappa shape index (κ2) is 7.49. The molecule has 0 spiro atoms. The maximum Gasteiger partial charge on any atom is 0.295 e. The van der Waals surface area contributed by atoms with Crippen LogP contribution in [-0.4, -0.2) is 53.9 Å². The van der Waals surface area contributed by atoms with E-state index in [4.69, 9.17) is 0 Å². The van der Waals surface area contributed by atoms with Gasteiger partial charge in [-0.3, -0.25) is 14.6 Å². The van der Waals surface area contributed by atoms with Crippen LogP contribution >= 0.6 is 0 Å². The predicted molar refractivity (Wildman–Crippen MR) is 97.4 cm³/mol. The standard InChI is InChI=1S/C20H21N3O3/c1-22(2)12-13-23-17(15-10-6-7-11-21-15)16(19(25)20(23)26)18(24)14-8-4-3-5-9-14/h3-11,17,24H,12-13H2,1-2H3/p+1/t17-/m0/s1. The fraction of sp³-hybridized carbons (Fsp3) is 0.250. The largest absolute Gasteiger partial charge is 0.507 e. The van der Waals surface area contributed by atoms with Gasteiger partial charge in [-0.15, -0.1) is 0 Å². The zero-order chi connectivity index (χ0) is 18.7. The molecule has 1 amide bonds. The predicted octanol–water partition coefficient (Wildman–Crippen LogP) is 0.648. The van der Waals surface area contributed by atoms with E-state index >= 15 is 0 Å². The lowest BCUT2D eigenvalue weighted by atomic mass is 9.98. The fourth-order valence-electron chi connectivity index (χ4n) is 3.05. The van der Waals surface area contributed by atoms with Crippen LogP contribution in [0.2, 0.25) is 0 Å². The Morgan fingerprint density at radius 1 is 1.12 bits per heavy atom. The number of quaternary nitrogens is 1. The van der Waals surface area contributed by atoms with Gasteiger partial charge in [0.15, 0.2) is 0 Å². The molecule has 1 aliphatic rings. The number of carbonyl (C=O) groups excluding carboxylic acids is 2. The monoisotopic (exact) mass is 352 g/mol. The van der Waals surface area contributed by atoms with Crippen LogP contribution in [0.4, 0.5) is 0 Å². The highest BCUT2D eigenvalue weighted by atomic mass is 16.3. The Bertz CT molecular complexity index is 832. The van der Waals surface area contributed by atoms with E-state index in [0.29, 0.717) is 24.3 Å². The molecule has 1 fully saturated rings. The van der Waals surface area contributed by atoms with Crippen LogP contribution < -0.4 is 4.90 Å². The van der Waals surface area contributed by atoms with Gasteiger partial charge in [0.25, 0.3) is 11.7 Å². The Kier molecular flexibility index (Phi) is 5.14. The molecule has 2 heterocycles. The third-order valence-electron chi connectivity index (χ3n) is 4.41. The maximum absolute atomic E-state index is 12.7. The summed E-state index contributed by atoms with van der Waals surface area (Å²) in [5, 5.41) is 10.8. The first kappa shape index (κ1) is 17.8. The molecule has 6 nitrogen and oxygen atoms in total. The molecule has 0 bridgehead atoms. The van der Waals surface area contributed by atoms with Gasteiger partial charge in [0, 0.05) is 11.8 Å². The number of likely N-dealkylation sites (tertiary alicyclic amines) is 1. The number of carbonyl (C=O) groups is 2. The summed E-state index contributed by atoms with van der Waals surface area (Å²) in [5.74, 6) is -1.44. The molecule has 6 heteroatoms. The van der Waals surface area contributed by atoms with E-state index in [1.54, 1.807) is 42.6 Å². The molecule has 0 aliphatic carbocycles. The zero-order valence-corrected chi connectivity index (χ0v) is 14.8. The van der Waals surface area contributed by atoms with Crippen molar-refractivity contribution in [3.05, 3.63) is 71.6 Å². The Morgan fingerprint density at radius 3 is 2.42 bits per heavy atom. The average molecular weight is 352 g/mol. The topological polar surface area (TPSA) is 74.9 Å². The first-order chi connectivity index (χ1) is 12.5. The summed E-state index contributed by atoms with van der Waals surface area (Å²) in [6, 6.07) is 13.5. The lowest BCUT2D eigenvalue weighted by Crippen LogP contribution is -3.06. The second-order valence-electron chi connectivity index (χ2n) is 6.57. The van der Waals surface area contributed by atoms with E-state index < -0.39 is 17.7 Å². The van der Waals surface area contributed by atoms with Gasteiger partial charge in [-0.1, -0.05) is 36.4 Å². The number of aliphatic hydroxyl groups is 1. The highest BCUT2D eigenvalue weighted by Crippen LogP contribution is 2.38. The lowest BCUT2D eigenvalue weighted by Gasteiger charge is -2.24. The number of amides is 1. The minimum atomic E-state index is -0.684. The minimum absolute atomic E-state index is 0.0913. The van der Waals surface area contributed by atoms with Gasteiger partial charge >= 0.3 is 0 Å². The summed E-state index contributed by atoms with van der Waals surface area (Å²) in [6.07, 6.45) is 1.62. The molecule has 1 atom stereocenters. The Hall–Kier alpha value is -2.99. The number of nitrogens with zero attached hydrogens (tertiary/aromatic N) is 2. The van der Waals surface area contributed by atoms with E-state index in [1.165, 1.54) is 4.90 Å². The van der Waals surface area contributed by atoms with Gasteiger partial charge < -0.3 is 14.9 Å². The van der Waals surface area contributed by atoms with Crippen LogP contribution in [0.1, 0.15) is 17.3 Å². The molecule has 0 unspecified atom stereocenters. The highest BCUT2D eigenvalue weighted by Gasteiger charge is 2.46. The molecule has 3 rings (SSSR count). The number of pyridine rings is 1. The van der Waals surface area contributed by atoms with Crippen molar-refractivity contribution in [3.8, 4) is 0 Å². The van der Waals surface area contributed by atoms with Crippen molar-refractivity contribution in [1.82, 2.24) is 9.88 Å². The maximum atomic E-state index is 12.7. The third kappa shape index (κ3) is 3.36. The molecular weight excluding hydrogens is 330 g/mol. The van der Waals surface area contributed by atoms with Crippen molar-refractivity contribution in [2.75, 3.05) is 27.2 Å². The van der Waals surface area contributed by atoms with Crippen LogP contribution in [0.25, 0.3) is 5.76 Å². The normalized spacial score (nSPS) is 19.3. The molecule has 2 N–H and O–H groups in total. The number of aromatic nitrogens is 1. The quantitative estimate of drug-likeness (QED) is 0.471. The number of ketones is 1. The molecule has 26 heavy (non-hydrogen) atoms. The van der Waals surface area contributed by atoms with Crippen molar-refractivity contribution < 1.29 is 19.6 Å². The lowest BCUT2D eigenvalue weighted by molar-refractivity contribution is -0.857. The summed E-state index contributed by atoms with van der Waals surface area (Å²) >= 11 is 0. The van der Waals surface area contributed by atoms with Gasteiger partial charge in [-0.2, -0.15) is 0 Å². The van der Waals surface area contributed by atoms with Crippen LogP contribution in [0.5, 0.6) is 0 Å². The molecule has 134 valence electrons. The smallest absolute Gasteiger partial charge is 0.295 e. The number of hydrogen-bond donors (Lipinski definition) is 2. The van der Waals surface area contributed by atoms with E-state index in [1.807, 2.05) is 26.2 Å². The summed E-state index contributed by atoms with van der Waals surface area (Å²) in [6.45, 7) is 1.08. The molecule has 2 aromatic rings. The molecule has 1 saturated heterocycles. The molecule has 1 aliphatic heterocycles. The Balaban J connectivity index is 2.12. The van der Waals surface area contributed by atoms with E-state index in [2.05, 4.69) is 4.98 Å². The second-order valence-corrected chi connectivity index (χ2v) is 6.57. The van der Waals surface area contributed by atoms with Crippen molar-refractivity contribution in [1.29, 1.82) is 0 Å².